The summed E-state index contributed by atoms with van der Waals surface area (Å²) >= 11 is 3.22. The fraction of sp³-hybridized carbons (Fsp3) is 0.133. The largest absolute Gasteiger partial charge is 0.326 e. The van der Waals surface area contributed by atoms with Crippen molar-refractivity contribution in [3.8, 4) is 0 Å². The fourth-order valence-electron chi connectivity index (χ4n) is 1.62. The highest BCUT2D eigenvalue weighted by Gasteiger charge is 2.08. The Morgan fingerprint density at radius 3 is 2.24 bits per heavy atom. The molecule has 2 N–H and O–H groups in total. The molecule has 0 saturated heterocycles. The van der Waals surface area contributed by atoms with E-state index in [0.29, 0.717) is 28.1 Å². The van der Waals surface area contributed by atoms with E-state index in [1.54, 1.807) is 49.4 Å². The molecule has 2 amide bonds. The summed E-state index contributed by atoms with van der Waals surface area (Å²) in [7, 11) is 0. The summed E-state index contributed by atoms with van der Waals surface area (Å²) in [4.78, 5) is 27.4. The lowest BCUT2D eigenvalue weighted by Gasteiger charge is -2.07. The third-order valence-corrected chi connectivity index (χ3v) is 3.14. The van der Waals surface area contributed by atoms with Crippen LogP contribution < -0.4 is 10.6 Å². The van der Waals surface area contributed by atoms with Crippen LogP contribution in [0.5, 0.6) is 0 Å². The maximum atomic E-state index is 12.0. The number of hydrogen-bond donors (Lipinski definition) is 2. The van der Waals surface area contributed by atoms with Crippen molar-refractivity contribution in [3.63, 3.8) is 0 Å². The Bertz CT molecular complexity index is 656. The van der Waals surface area contributed by atoms with E-state index in [1.807, 2.05) is 0 Å². The molecule has 0 saturated carbocycles. The SMILES string of the molecule is CCC(=O)Nc1ccc(NC(=O)c2cccc(Br)n2)cc1. The van der Waals surface area contributed by atoms with E-state index in [9.17, 15) is 9.59 Å². The Morgan fingerprint density at radius 1 is 1.05 bits per heavy atom. The summed E-state index contributed by atoms with van der Waals surface area (Å²) in [5.41, 5.74) is 1.66. The summed E-state index contributed by atoms with van der Waals surface area (Å²) in [5.74, 6) is -0.341. The van der Waals surface area contributed by atoms with Crippen molar-refractivity contribution in [1.82, 2.24) is 4.98 Å². The number of benzene rings is 1. The van der Waals surface area contributed by atoms with Crippen LogP contribution in [0.25, 0.3) is 0 Å². The number of halogens is 1. The minimum absolute atomic E-state index is 0.0508. The van der Waals surface area contributed by atoms with Gasteiger partial charge in [0.15, 0.2) is 0 Å². The van der Waals surface area contributed by atoms with Crippen molar-refractivity contribution >= 4 is 39.1 Å². The second-order valence-corrected chi connectivity index (χ2v) is 5.09. The highest BCUT2D eigenvalue weighted by Crippen LogP contribution is 2.15. The van der Waals surface area contributed by atoms with Crippen molar-refractivity contribution in [2.45, 2.75) is 13.3 Å². The lowest BCUT2D eigenvalue weighted by atomic mass is 10.2. The van der Waals surface area contributed by atoms with Gasteiger partial charge in [-0.15, -0.1) is 0 Å². The lowest BCUT2D eigenvalue weighted by molar-refractivity contribution is -0.115. The minimum Gasteiger partial charge on any atom is -0.326 e. The molecule has 1 aromatic carbocycles. The van der Waals surface area contributed by atoms with Crippen LogP contribution in [0, 0.1) is 0 Å². The van der Waals surface area contributed by atoms with Gasteiger partial charge in [0.25, 0.3) is 5.91 Å². The second-order valence-electron chi connectivity index (χ2n) is 4.28. The van der Waals surface area contributed by atoms with Gasteiger partial charge in [-0.1, -0.05) is 13.0 Å². The molecular formula is C15H14BrN3O2. The highest BCUT2D eigenvalue weighted by molar-refractivity contribution is 9.10. The third-order valence-electron chi connectivity index (χ3n) is 2.70. The van der Waals surface area contributed by atoms with Crippen LogP contribution in [0.1, 0.15) is 23.8 Å². The molecule has 0 fully saturated rings. The summed E-state index contributed by atoms with van der Waals surface area (Å²) < 4.78 is 0.604. The number of rotatable bonds is 4. The van der Waals surface area contributed by atoms with E-state index in [4.69, 9.17) is 0 Å². The summed E-state index contributed by atoms with van der Waals surface area (Å²) in [6.45, 7) is 1.79. The monoisotopic (exact) mass is 347 g/mol. The highest BCUT2D eigenvalue weighted by atomic mass is 79.9. The molecule has 0 unspecified atom stereocenters. The Morgan fingerprint density at radius 2 is 1.67 bits per heavy atom. The minimum atomic E-state index is -0.290. The molecule has 0 spiro atoms. The van der Waals surface area contributed by atoms with E-state index in [1.165, 1.54) is 0 Å². The van der Waals surface area contributed by atoms with Gasteiger partial charge in [0.2, 0.25) is 5.91 Å². The van der Waals surface area contributed by atoms with Crippen LogP contribution in [0.2, 0.25) is 0 Å². The second kappa shape index (κ2) is 6.99. The van der Waals surface area contributed by atoms with E-state index in [2.05, 4.69) is 31.5 Å². The maximum Gasteiger partial charge on any atom is 0.274 e. The van der Waals surface area contributed by atoms with Gasteiger partial charge in [0, 0.05) is 17.8 Å². The quantitative estimate of drug-likeness (QED) is 0.832. The normalized spacial score (nSPS) is 10.0. The van der Waals surface area contributed by atoms with Crippen LogP contribution in [-0.4, -0.2) is 16.8 Å². The molecule has 0 aliphatic heterocycles. The van der Waals surface area contributed by atoms with Crippen LogP contribution in [0.4, 0.5) is 11.4 Å². The molecule has 0 radical (unpaired) electrons. The molecule has 5 nitrogen and oxygen atoms in total. The number of hydrogen-bond acceptors (Lipinski definition) is 3. The van der Waals surface area contributed by atoms with Crippen LogP contribution in [0.15, 0.2) is 47.1 Å². The number of carbonyl (C=O) groups is 2. The van der Waals surface area contributed by atoms with Crippen LogP contribution in [-0.2, 0) is 4.79 Å². The van der Waals surface area contributed by atoms with Crippen molar-refractivity contribution in [2.24, 2.45) is 0 Å². The third kappa shape index (κ3) is 4.39. The maximum absolute atomic E-state index is 12.0. The molecule has 6 heteroatoms. The summed E-state index contributed by atoms with van der Waals surface area (Å²) in [6, 6.07) is 12.0. The van der Waals surface area contributed by atoms with Gasteiger partial charge in [-0.25, -0.2) is 4.98 Å². The number of aromatic nitrogens is 1. The van der Waals surface area contributed by atoms with Crippen molar-refractivity contribution < 1.29 is 9.59 Å². The zero-order chi connectivity index (χ0) is 15.2. The first-order chi connectivity index (χ1) is 10.1. The van der Waals surface area contributed by atoms with Gasteiger partial charge in [-0.3, -0.25) is 9.59 Å². The molecule has 1 aromatic heterocycles. The Hall–Kier alpha value is -2.21. The molecule has 0 aliphatic rings. The molecule has 21 heavy (non-hydrogen) atoms. The lowest BCUT2D eigenvalue weighted by Crippen LogP contribution is -2.14. The predicted octanol–water partition coefficient (Wildman–Crippen LogP) is 3.44. The zero-order valence-corrected chi connectivity index (χ0v) is 13.0. The number of pyridine rings is 1. The van der Waals surface area contributed by atoms with Crippen LogP contribution in [0.3, 0.4) is 0 Å². The molecule has 2 rings (SSSR count). The van der Waals surface area contributed by atoms with E-state index in [0.717, 1.165) is 0 Å². The number of anilines is 2. The number of amides is 2. The van der Waals surface area contributed by atoms with E-state index < -0.39 is 0 Å². The van der Waals surface area contributed by atoms with Gasteiger partial charge in [0.1, 0.15) is 10.3 Å². The fourth-order valence-corrected chi connectivity index (χ4v) is 1.96. The van der Waals surface area contributed by atoms with E-state index >= 15 is 0 Å². The molecular weight excluding hydrogens is 334 g/mol. The number of nitrogens with one attached hydrogen (secondary N) is 2. The summed E-state index contributed by atoms with van der Waals surface area (Å²) in [5, 5.41) is 5.49. The Kier molecular flexibility index (Phi) is 5.05. The molecule has 0 bridgehead atoms. The average molecular weight is 348 g/mol. The zero-order valence-electron chi connectivity index (χ0n) is 11.4. The summed E-state index contributed by atoms with van der Waals surface area (Å²) in [6.07, 6.45) is 0.424. The molecule has 0 atom stereocenters. The number of carbonyl (C=O) groups excluding carboxylic acids is 2. The molecule has 108 valence electrons. The van der Waals surface area contributed by atoms with Gasteiger partial charge in [-0.05, 0) is 52.3 Å². The van der Waals surface area contributed by atoms with Crippen molar-refractivity contribution in [1.29, 1.82) is 0 Å². The van der Waals surface area contributed by atoms with Crippen molar-refractivity contribution in [3.05, 3.63) is 52.8 Å². The Labute approximate surface area is 130 Å². The topological polar surface area (TPSA) is 71.1 Å². The molecule has 0 aliphatic carbocycles. The predicted molar refractivity (Wildman–Crippen MR) is 85.3 cm³/mol. The van der Waals surface area contributed by atoms with Crippen molar-refractivity contribution in [2.75, 3.05) is 10.6 Å². The molecule has 1 heterocycles. The van der Waals surface area contributed by atoms with E-state index in [-0.39, 0.29) is 11.8 Å². The van der Waals surface area contributed by atoms with Gasteiger partial charge in [0.05, 0.1) is 0 Å². The van der Waals surface area contributed by atoms with Gasteiger partial charge < -0.3 is 10.6 Å². The first-order valence-electron chi connectivity index (χ1n) is 6.42. The Balaban J connectivity index is 2.03. The van der Waals surface area contributed by atoms with Gasteiger partial charge >= 0.3 is 0 Å². The smallest absolute Gasteiger partial charge is 0.274 e. The molecule has 2 aromatic rings. The standard InChI is InChI=1S/C15H14BrN3O2/c1-2-14(20)17-10-6-8-11(9-7-10)18-15(21)12-4-3-5-13(16)19-12/h3-9H,2H2,1H3,(H,17,20)(H,18,21). The number of nitrogens with zero attached hydrogens (tertiary/aromatic N) is 1. The first-order valence-corrected chi connectivity index (χ1v) is 7.21. The first kappa shape index (κ1) is 15.2. The average Bonchev–Trinajstić information content (AvgIpc) is 2.49. The van der Waals surface area contributed by atoms with Crippen LogP contribution >= 0.6 is 15.9 Å². The van der Waals surface area contributed by atoms with Gasteiger partial charge in [-0.2, -0.15) is 0 Å².